The molecule has 0 bridgehead atoms. The van der Waals surface area contributed by atoms with E-state index in [2.05, 4.69) is 5.32 Å². The number of hydrogen-bond acceptors (Lipinski definition) is 3. The Hall–Kier alpha value is -1.59. The van der Waals surface area contributed by atoms with Gasteiger partial charge in [0.1, 0.15) is 0 Å². The van der Waals surface area contributed by atoms with Gasteiger partial charge in [0.15, 0.2) is 0 Å². The molecule has 6 heteroatoms. The zero-order valence-corrected chi connectivity index (χ0v) is 13.2. The molecule has 21 heavy (non-hydrogen) atoms. The number of nitrogens with zero attached hydrogens (tertiary/aromatic N) is 1. The minimum absolute atomic E-state index is 0.0717. The first-order valence-electron chi connectivity index (χ1n) is 6.97. The van der Waals surface area contributed by atoms with Crippen LogP contribution in [0.15, 0.2) is 18.2 Å². The summed E-state index contributed by atoms with van der Waals surface area (Å²) < 4.78 is 0. The van der Waals surface area contributed by atoms with Crippen molar-refractivity contribution in [3.05, 3.63) is 28.8 Å². The van der Waals surface area contributed by atoms with Crippen molar-refractivity contribution in [1.82, 2.24) is 4.90 Å². The molecule has 0 aliphatic rings. The van der Waals surface area contributed by atoms with Crippen LogP contribution >= 0.6 is 11.6 Å². The summed E-state index contributed by atoms with van der Waals surface area (Å²) in [5.74, 6) is -0.267. The Labute approximate surface area is 130 Å². The maximum Gasteiger partial charge on any atom is 0.254 e. The van der Waals surface area contributed by atoms with E-state index < -0.39 is 0 Å². The van der Waals surface area contributed by atoms with Crippen molar-refractivity contribution in [3.8, 4) is 0 Å². The van der Waals surface area contributed by atoms with Gasteiger partial charge in [-0.25, -0.2) is 0 Å². The summed E-state index contributed by atoms with van der Waals surface area (Å²) in [6.45, 7) is 0.648. The highest BCUT2D eigenvalue weighted by Crippen LogP contribution is 2.22. The molecule has 0 saturated carbocycles. The van der Waals surface area contributed by atoms with Crippen LogP contribution in [0.25, 0.3) is 0 Å². The molecule has 1 aromatic carbocycles. The monoisotopic (exact) mass is 311 g/mol. The molecular weight excluding hydrogens is 290 g/mol. The van der Waals surface area contributed by atoms with Crippen LogP contribution in [0.2, 0.25) is 5.02 Å². The van der Waals surface area contributed by atoms with E-state index >= 15 is 0 Å². The van der Waals surface area contributed by atoms with E-state index in [0.29, 0.717) is 29.2 Å². The van der Waals surface area contributed by atoms with Crippen molar-refractivity contribution in [2.75, 3.05) is 26.0 Å². The van der Waals surface area contributed by atoms with E-state index in [9.17, 15) is 9.59 Å². The Morgan fingerprint density at radius 2 is 1.95 bits per heavy atom. The number of carbonyl (C=O) groups excluding carboxylic acids is 2. The van der Waals surface area contributed by atoms with Crippen molar-refractivity contribution in [2.45, 2.75) is 25.7 Å². The number of rotatable bonds is 7. The molecule has 0 atom stereocenters. The number of benzene rings is 1. The molecule has 0 unspecified atom stereocenters. The van der Waals surface area contributed by atoms with Gasteiger partial charge in [-0.2, -0.15) is 0 Å². The maximum absolute atomic E-state index is 12.0. The summed E-state index contributed by atoms with van der Waals surface area (Å²) in [7, 11) is 3.31. The van der Waals surface area contributed by atoms with E-state index in [4.69, 9.17) is 17.3 Å². The van der Waals surface area contributed by atoms with E-state index in [1.54, 1.807) is 32.3 Å². The molecule has 0 fully saturated rings. The van der Waals surface area contributed by atoms with Crippen molar-refractivity contribution in [1.29, 1.82) is 0 Å². The number of nitrogens with two attached hydrogens (primary N) is 1. The molecule has 0 saturated heterocycles. The van der Waals surface area contributed by atoms with Crippen LogP contribution in [0.1, 0.15) is 36.0 Å². The molecule has 1 rings (SSSR count). The second kappa shape index (κ2) is 8.64. The summed E-state index contributed by atoms with van der Waals surface area (Å²) in [6.07, 6.45) is 3.12. The molecule has 0 aliphatic carbocycles. The summed E-state index contributed by atoms with van der Waals surface area (Å²) in [5.41, 5.74) is 6.36. The predicted molar refractivity (Wildman–Crippen MR) is 85.6 cm³/mol. The predicted octanol–water partition coefficient (Wildman–Crippen LogP) is 2.50. The van der Waals surface area contributed by atoms with Crippen molar-refractivity contribution >= 4 is 29.1 Å². The highest BCUT2D eigenvalue weighted by atomic mass is 35.5. The summed E-state index contributed by atoms with van der Waals surface area (Å²) >= 11 is 6.02. The number of amides is 2. The molecule has 0 heterocycles. The maximum atomic E-state index is 12.0. The van der Waals surface area contributed by atoms with Gasteiger partial charge in [0.05, 0.1) is 10.6 Å². The number of hydrogen-bond donors (Lipinski definition) is 2. The lowest BCUT2D eigenvalue weighted by atomic mass is 10.1. The zero-order valence-electron chi connectivity index (χ0n) is 12.5. The van der Waals surface area contributed by atoms with Crippen molar-refractivity contribution in [3.63, 3.8) is 0 Å². The van der Waals surface area contributed by atoms with Crippen molar-refractivity contribution in [2.24, 2.45) is 5.73 Å². The largest absolute Gasteiger partial charge is 0.345 e. The standard InChI is InChI=1S/C15H22ClN3O2/c1-19(2)15(21)12-10-11(7-8-13(12)16)18-14(20)6-4-3-5-9-17/h7-8,10H,3-6,9,17H2,1-2H3,(H,18,20). The van der Waals surface area contributed by atoms with Crippen LogP contribution in [0.5, 0.6) is 0 Å². The minimum atomic E-state index is -0.195. The first-order chi connectivity index (χ1) is 9.95. The van der Waals surface area contributed by atoms with Gasteiger partial charge in [-0.15, -0.1) is 0 Å². The molecule has 0 spiro atoms. The lowest BCUT2D eigenvalue weighted by Crippen LogP contribution is -2.22. The fourth-order valence-corrected chi connectivity index (χ4v) is 2.04. The van der Waals surface area contributed by atoms with Gasteiger partial charge in [-0.3, -0.25) is 9.59 Å². The number of unbranched alkanes of at least 4 members (excludes halogenated alkanes) is 2. The second-order valence-electron chi connectivity index (χ2n) is 5.04. The third-order valence-electron chi connectivity index (χ3n) is 2.99. The number of halogens is 1. The number of carbonyl (C=O) groups is 2. The Morgan fingerprint density at radius 1 is 1.24 bits per heavy atom. The fourth-order valence-electron chi connectivity index (χ4n) is 1.84. The quantitative estimate of drug-likeness (QED) is 0.760. The number of anilines is 1. The summed E-state index contributed by atoms with van der Waals surface area (Å²) in [6, 6.07) is 4.90. The van der Waals surface area contributed by atoms with Crippen LogP contribution in [0, 0.1) is 0 Å². The van der Waals surface area contributed by atoms with Gasteiger partial charge < -0.3 is 16.0 Å². The SMILES string of the molecule is CN(C)C(=O)c1cc(NC(=O)CCCCCN)ccc1Cl. The Bertz CT molecular complexity index is 504. The molecule has 116 valence electrons. The topological polar surface area (TPSA) is 75.4 Å². The Kier molecular flexibility index (Phi) is 7.19. The van der Waals surface area contributed by atoms with E-state index in [1.807, 2.05) is 0 Å². The molecule has 0 aromatic heterocycles. The summed E-state index contributed by atoms with van der Waals surface area (Å²) in [5, 5.41) is 3.15. The zero-order chi connectivity index (χ0) is 15.8. The fraction of sp³-hybridized carbons (Fsp3) is 0.467. The third kappa shape index (κ3) is 5.73. The third-order valence-corrected chi connectivity index (χ3v) is 3.32. The molecule has 3 N–H and O–H groups in total. The molecule has 0 aliphatic heterocycles. The normalized spacial score (nSPS) is 10.3. The average molecular weight is 312 g/mol. The van der Waals surface area contributed by atoms with E-state index in [1.165, 1.54) is 4.90 Å². The smallest absolute Gasteiger partial charge is 0.254 e. The van der Waals surface area contributed by atoms with E-state index in [0.717, 1.165) is 19.3 Å². The van der Waals surface area contributed by atoms with Gasteiger partial charge in [-0.05, 0) is 37.6 Å². The molecule has 1 aromatic rings. The van der Waals surface area contributed by atoms with Crippen LogP contribution in [0.4, 0.5) is 5.69 Å². The Morgan fingerprint density at radius 3 is 2.57 bits per heavy atom. The van der Waals surface area contributed by atoms with E-state index in [-0.39, 0.29) is 11.8 Å². The minimum Gasteiger partial charge on any atom is -0.345 e. The Balaban J connectivity index is 2.66. The summed E-state index contributed by atoms with van der Waals surface area (Å²) in [4.78, 5) is 25.2. The van der Waals surface area contributed by atoms with Crippen molar-refractivity contribution < 1.29 is 9.59 Å². The van der Waals surface area contributed by atoms with Crippen LogP contribution in [-0.2, 0) is 4.79 Å². The van der Waals surface area contributed by atoms with Gasteiger partial charge >= 0.3 is 0 Å². The van der Waals surface area contributed by atoms with Crippen LogP contribution < -0.4 is 11.1 Å². The second-order valence-corrected chi connectivity index (χ2v) is 5.45. The molecule has 5 nitrogen and oxygen atoms in total. The average Bonchev–Trinajstić information content (AvgIpc) is 2.45. The lowest BCUT2D eigenvalue weighted by molar-refractivity contribution is -0.116. The van der Waals surface area contributed by atoms with Crippen LogP contribution in [0.3, 0.4) is 0 Å². The molecule has 0 radical (unpaired) electrons. The molecular formula is C15H22ClN3O2. The van der Waals surface area contributed by atoms with Crippen LogP contribution in [-0.4, -0.2) is 37.4 Å². The number of nitrogens with one attached hydrogen (secondary N) is 1. The highest BCUT2D eigenvalue weighted by Gasteiger charge is 2.13. The van der Waals surface area contributed by atoms with Gasteiger partial charge in [0.25, 0.3) is 5.91 Å². The first kappa shape index (κ1) is 17.5. The molecule has 2 amide bonds. The first-order valence-corrected chi connectivity index (χ1v) is 7.34. The van der Waals surface area contributed by atoms with Gasteiger partial charge in [0.2, 0.25) is 5.91 Å². The highest BCUT2D eigenvalue weighted by molar-refractivity contribution is 6.34. The lowest BCUT2D eigenvalue weighted by Gasteiger charge is -2.13. The van der Waals surface area contributed by atoms with Gasteiger partial charge in [0, 0.05) is 26.2 Å². The van der Waals surface area contributed by atoms with Gasteiger partial charge in [-0.1, -0.05) is 18.0 Å².